The molecule has 0 saturated carbocycles. The monoisotopic (exact) mass is 507 g/mol. The Morgan fingerprint density at radius 2 is 1.03 bits per heavy atom. The first-order valence-electron chi connectivity index (χ1n) is 12.3. The third kappa shape index (κ3) is 6.06. The van der Waals surface area contributed by atoms with Gasteiger partial charge < -0.3 is 5.73 Å². The Hall–Kier alpha value is -5.56. The zero-order valence-corrected chi connectivity index (χ0v) is 21.0. The zero-order valence-electron chi connectivity index (χ0n) is 21.0. The summed E-state index contributed by atoms with van der Waals surface area (Å²) in [6, 6.07) is 28.6. The van der Waals surface area contributed by atoms with E-state index < -0.39 is 0 Å². The number of pyridine rings is 4. The molecule has 1 aromatic carbocycles. The molecule has 0 aliphatic heterocycles. The lowest BCUT2D eigenvalue weighted by Gasteiger charge is -2.16. The van der Waals surface area contributed by atoms with Crippen LogP contribution in [0, 0.1) is 10.8 Å². The van der Waals surface area contributed by atoms with Gasteiger partial charge in [0.1, 0.15) is 0 Å². The number of hydrogen-bond donors (Lipinski definition) is 3. The fraction of sp³-hybridized carbons (Fsp3) is 0. The van der Waals surface area contributed by atoms with Crippen molar-refractivity contribution in [1.29, 1.82) is 10.8 Å². The van der Waals surface area contributed by atoms with Crippen LogP contribution in [0.5, 0.6) is 0 Å². The molecule has 39 heavy (non-hydrogen) atoms. The van der Waals surface area contributed by atoms with E-state index in [1.54, 1.807) is 30.9 Å². The van der Waals surface area contributed by atoms with E-state index in [9.17, 15) is 0 Å². The smallest absolute Gasteiger partial charge is 0.0883 e. The number of aromatic nitrogens is 4. The summed E-state index contributed by atoms with van der Waals surface area (Å²) in [5, 5.41) is 16.9. The molecule has 7 heteroatoms. The first-order chi connectivity index (χ1) is 19.1. The Morgan fingerprint density at radius 1 is 0.513 bits per heavy atom. The first-order valence-corrected chi connectivity index (χ1v) is 12.3. The molecule has 1 aliphatic carbocycles. The Kier molecular flexibility index (Phi) is 7.51. The van der Waals surface area contributed by atoms with Crippen molar-refractivity contribution in [1.82, 2.24) is 19.9 Å². The van der Waals surface area contributed by atoms with Crippen molar-refractivity contribution in [2.24, 2.45) is 0 Å². The quantitative estimate of drug-likeness (QED) is 0.192. The van der Waals surface area contributed by atoms with Crippen LogP contribution in [0.3, 0.4) is 0 Å². The molecule has 188 valence electrons. The van der Waals surface area contributed by atoms with Gasteiger partial charge in [0.25, 0.3) is 0 Å². The van der Waals surface area contributed by atoms with E-state index >= 15 is 0 Å². The minimum absolute atomic E-state index is 0.129. The predicted molar refractivity (Wildman–Crippen MR) is 157 cm³/mol. The fourth-order valence-corrected chi connectivity index (χ4v) is 3.99. The summed E-state index contributed by atoms with van der Waals surface area (Å²) in [6.45, 7) is 0. The summed E-state index contributed by atoms with van der Waals surface area (Å²) in [5.74, 6) is 0. The van der Waals surface area contributed by atoms with Gasteiger partial charge in [0.05, 0.1) is 34.2 Å². The Balaban J connectivity index is 0.000000384. The van der Waals surface area contributed by atoms with Crippen LogP contribution >= 0.6 is 0 Å². The van der Waals surface area contributed by atoms with Gasteiger partial charge in [-0.1, -0.05) is 30.3 Å². The molecule has 4 aromatic heterocycles. The van der Waals surface area contributed by atoms with Crippen molar-refractivity contribution in [3.8, 4) is 22.5 Å². The number of nitrogens with zero attached hydrogens (tertiary/aromatic N) is 4. The number of nitrogens with one attached hydrogen (secondary N) is 2. The van der Waals surface area contributed by atoms with Crippen LogP contribution in [-0.2, 0) is 0 Å². The van der Waals surface area contributed by atoms with Crippen LogP contribution in [-0.4, -0.2) is 31.4 Å². The lowest BCUT2D eigenvalue weighted by atomic mass is 9.91. The number of para-hydroxylation sites is 1. The molecule has 0 unspecified atom stereocenters. The van der Waals surface area contributed by atoms with E-state index in [0.717, 1.165) is 39.5 Å². The highest BCUT2D eigenvalue weighted by molar-refractivity contribution is 6.61. The fourth-order valence-electron chi connectivity index (χ4n) is 3.99. The van der Waals surface area contributed by atoms with Crippen LogP contribution in [0.15, 0.2) is 128 Å². The molecule has 0 bridgehead atoms. The number of rotatable bonds is 4. The molecule has 4 N–H and O–H groups in total. The minimum Gasteiger partial charge on any atom is -0.399 e. The van der Waals surface area contributed by atoms with Crippen molar-refractivity contribution in [2.45, 2.75) is 0 Å². The van der Waals surface area contributed by atoms with Gasteiger partial charge in [-0.15, -0.1) is 0 Å². The minimum atomic E-state index is 0.129. The lowest BCUT2D eigenvalue weighted by molar-refractivity contribution is 1.25. The molecule has 1 aliphatic rings. The predicted octanol–water partition coefficient (Wildman–Crippen LogP) is 6.39. The normalized spacial score (nSPS) is 12.6. The topological polar surface area (TPSA) is 125 Å². The van der Waals surface area contributed by atoms with Gasteiger partial charge in [0, 0.05) is 52.7 Å². The number of nitrogens with two attached hydrogens (primary N) is 1. The molecule has 0 spiro atoms. The largest absolute Gasteiger partial charge is 0.399 e. The Bertz CT molecular complexity index is 1680. The van der Waals surface area contributed by atoms with E-state index in [4.69, 9.17) is 26.5 Å². The van der Waals surface area contributed by atoms with Crippen LogP contribution in [0.25, 0.3) is 33.7 Å². The molecule has 0 fully saturated rings. The molecule has 0 atom stereocenters. The summed E-state index contributed by atoms with van der Waals surface area (Å²) in [4.78, 5) is 17.7. The Morgan fingerprint density at radius 3 is 1.56 bits per heavy atom. The summed E-state index contributed by atoms with van der Waals surface area (Å²) >= 11 is 0. The molecule has 5 aromatic rings. The summed E-state index contributed by atoms with van der Waals surface area (Å²) in [7, 11) is 0. The second-order valence-corrected chi connectivity index (χ2v) is 8.64. The first kappa shape index (κ1) is 25.1. The molecule has 7 nitrogen and oxygen atoms in total. The van der Waals surface area contributed by atoms with Gasteiger partial charge in [-0.2, -0.15) is 0 Å². The molecule has 4 heterocycles. The van der Waals surface area contributed by atoms with Crippen molar-refractivity contribution >= 4 is 28.3 Å². The maximum Gasteiger partial charge on any atom is 0.0883 e. The average Bonchev–Trinajstić information content (AvgIpc) is 3.00. The second kappa shape index (κ2) is 11.7. The summed E-state index contributed by atoms with van der Waals surface area (Å²) < 4.78 is 0. The molecule has 0 radical (unpaired) electrons. The van der Waals surface area contributed by atoms with Gasteiger partial charge in [-0.05, 0) is 72.8 Å². The van der Waals surface area contributed by atoms with Gasteiger partial charge in [0.15, 0.2) is 0 Å². The number of nitrogen functional groups attached to an aromatic ring is 1. The standard InChI is InChI=1S/C26H18N6.C6H7N/c27-21-16-19(24-5-1-3-22(31-24)17-7-11-29-12-8-17)15-20(26(21)28)25-6-2-4-23(32-25)18-9-13-30-14-10-18;7-6-4-2-1-3-5-6/h1-16,27-28H;1-5H,7H2. The third-order valence-corrected chi connectivity index (χ3v) is 5.96. The molecular formula is C32H25N7. The maximum absolute atomic E-state index is 8.48. The lowest BCUT2D eigenvalue weighted by Crippen LogP contribution is -2.17. The van der Waals surface area contributed by atoms with Crippen LogP contribution < -0.4 is 5.73 Å². The number of hydrogen-bond acceptors (Lipinski definition) is 7. The van der Waals surface area contributed by atoms with E-state index in [2.05, 4.69) is 9.97 Å². The molecule has 6 rings (SSSR count). The average molecular weight is 508 g/mol. The third-order valence-electron chi connectivity index (χ3n) is 5.96. The molecule has 0 saturated heterocycles. The van der Waals surface area contributed by atoms with Crippen molar-refractivity contribution in [3.63, 3.8) is 0 Å². The SMILES string of the molecule is N=C1C=C(c2cccc(-c3ccncc3)n2)C=C(c2cccc(-c3ccncc3)n2)C1=N.Nc1ccccc1. The van der Waals surface area contributed by atoms with Crippen molar-refractivity contribution < 1.29 is 0 Å². The van der Waals surface area contributed by atoms with E-state index in [-0.39, 0.29) is 11.4 Å². The van der Waals surface area contributed by atoms with Gasteiger partial charge in [-0.3, -0.25) is 20.8 Å². The highest BCUT2D eigenvalue weighted by Gasteiger charge is 2.20. The van der Waals surface area contributed by atoms with E-state index in [1.165, 1.54) is 0 Å². The summed E-state index contributed by atoms with van der Waals surface area (Å²) in [5.41, 5.74) is 12.7. The summed E-state index contributed by atoms with van der Waals surface area (Å²) in [6.07, 6.45) is 10.5. The Labute approximate surface area is 226 Å². The van der Waals surface area contributed by atoms with Gasteiger partial charge >= 0.3 is 0 Å². The number of anilines is 1. The van der Waals surface area contributed by atoms with Gasteiger partial charge in [-0.25, -0.2) is 9.97 Å². The highest BCUT2D eigenvalue weighted by atomic mass is 14.7. The molecule has 0 amide bonds. The van der Waals surface area contributed by atoms with E-state index in [1.807, 2.05) is 97.1 Å². The van der Waals surface area contributed by atoms with Gasteiger partial charge in [0.2, 0.25) is 0 Å². The molecular weight excluding hydrogens is 482 g/mol. The van der Waals surface area contributed by atoms with E-state index in [0.29, 0.717) is 11.3 Å². The number of benzene rings is 1. The number of allylic oxidation sites excluding steroid dienone is 4. The zero-order chi connectivity index (χ0) is 27.0. The van der Waals surface area contributed by atoms with Crippen LogP contribution in [0.1, 0.15) is 11.4 Å². The van der Waals surface area contributed by atoms with Crippen LogP contribution in [0.4, 0.5) is 5.69 Å². The second-order valence-electron chi connectivity index (χ2n) is 8.64. The van der Waals surface area contributed by atoms with Crippen LogP contribution in [0.2, 0.25) is 0 Å². The van der Waals surface area contributed by atoms with Crippen molar-refractivity contribution in [2.75, 3.05) is 5.73 Å². The maximum atomic E-state index is 8.48. The van der Waals surface area contributed by atoms with Crippen molar-refractivity contribution in [3.05, 3.63) is 139 Å². The highest BCUT2D eigenvalue weighted by Crippen LogP contribution is 2.29.